The number of para-hydroxylation sites is 1. The smallest absolute Gasteiger partial charge is 0.159 e. The molecule has 0 bridgehead atoms. The van der Waals surface area contributed by atoms with Gasteiger partial charge in [0.25, 0.3) is 0 Å². The summed E-state index contributed by atoms with van der Waals surface area (Å²) >= 11 is 0. The van der Waals surface area contributed by atoms with E-state index in [0.29, 0.717) is 0 Å². The van der Waals surface area contributed by atoms with Crippen LogP contribution in [-0.2, 0) is 0 Å². The minimum absolute atomic E-state index is 0.919. The van der Waals surface area contributed by atoms with Crippen molar-refractivity contribution in [3.05, 3.63) is 60.3 Å². The number of hydrogen-bond donors (Lipinski definition) is 0. The molecule has 0 fully saturated rings. The Hall–Kier alpha value is -3.01. The van der Waals surface area contributed by atoms with Crippen LogP contribution in [0.2, 0.25) is 0 Å². The van der Waals surface area contributed by atoms with Gasteiger partial charge in [0, 0.05) is 37.1 Å². The molecule has 0 unspecified atom stereocenters. The van der Waals surface area contributed by atoms with Crippen molar-refractivity contribution in [2.45, 2.75) is 20.8 Å². The summed E-state index contributed by atoms with van der Waals surface area (Å²) in [7, 11) is 2.10. The average Bonchev–Trinajstić information content (AvgIpc) is 3.07. The third-order valence-electron chi connectivity index (χ3n) is 5.25. The first-order chi connectivity index (χ1) is 13.2. The number of hydrogen-bond acceptors (Lipinski definition) is 4. The van der Waals surface area contributed by atoms with E-state index in [9.17, 15) is 0 Å². The maximum Gasteiger partial charge on any atom is 0.159 e. The van der Waals surface area contributed by atoms with Crippen LogP contribution < -0.4 is 9.80 Å². The summed E-state index contributed by atoms with van der Waals surface area (Å²) in [6.07, 6.45) is 1.86. The summed E-state index contributed by atoms with van der Waals surface area (Å²) in [6, 6.07) is 16.7. The number of aromatic nitrogens is 1. The van der Waals surface area contributed by atoms with Crippen molar-refractivity contribution in [1.82, 2.24) is 4.98 Å². The van der Waals surface area contributed by atoms with Crippen molar-refractivity contribution >= 4 is 39.1 Å². The van der Waals surface area contributed by atoms with Crippen molar-refractivity contribution in [3.63, 3.8) is 0 Å². The van der Waals surface area contributed by atoms with Gasteiger partial charge in [0.05, 0.1) is 11.4 Å². The predicted octanol–water partition coefficient (Wildman–Crippen LogP) is 5.90. The first-order valence-electron chi connectivity index (χ1n) is 9.50. The minimum Gasteiger partial charge on any atom is -0.454 e. The summed E-state index contributed by atoms with van der Waals surface area (Å²) in [5.41, 5.74) is 5.19. The molecular weight excluding hydrogens is 334 g/mol. The molecule has 2 aromatic heterocycles. The van der Waals surface area contributed by atoms with Crippen molar-refractivity contribution < 1.29 is 4.42 Å². The van der Waals surface area contributed by atoms with Crippen LogP contribution in [0.1, 0.15) is 19.4 Å². The molecule has 0 amide bonds. The number of pyridine rings is 1. The Kier molecular flexibility index (Phi) is 4.48. The molecule has 0 N–H and O–H groups in total. The highest BCUT2D eigenvalue weighted by atomic mass is 16.3. The van der Waals surface area contributed by atoms with Crippen LogP contribution in [0.4, 0.5) is 17.2 Å². The van der Waals surface area contributed by atoms with Crippen LogP contribution in [0.5, 0.6) is 0 Å². The van der Waals surface area contributed by atoms with Gasteiger partial charge in [-0.05, 0) is 44.5 Å². The topological polar surface area (TPSA) is 32.5 Å². The first-order valence-corrected chi connectivity index (χ1v) is 9.50. The lowest BCUT2D eigenvalue weighted by Crippen LogP contribution is -2.25. The van der Waals surface area contributed by atoms with E-state index in [1.807, 2.05) is 24.4 Å². The summed E-state index contributed by atoms with van der Waals surface area (Å²) < 4.78 is 6.28. The van der Waals surface area contributed by atoms with Crippen LogP contribution in [0.25, 0.3) is 21.9 Å². The van der Waals surface area contributed by atoms with E-state index < -0.39 is 0 Å². The molecule has 138 valence electrons. The molecule has 0 aliphatic heterocycles. The van der Waals surface area contributed by atoms with E-state index in [1.165, 1.54) is 5.56 Å². The molecule has 4 nitrogen and oxygen atoms in total. The molecule has 2 aromatic carbocycles. The number of furan rings is 1. The molecule has 0 aliphatic carbocycles. The lowest BCUT2D eigenvalue weighted by molar-refractivity contribution is 0.668. The van der Waals surface area contributed by atoms with Gasteiger partial charge in [-0.3, -0.25) is 0 Å². The summed E-state index contributed by atoms with van der Waals surface area (Å²) in [4.78, 5) is 9.16. The van der Waals surface area contributed by atoms with E-state index in [0.717, 1.165) is 52.2 Å². The Labute approximate surface area is 160 Å². The fourth-order valence-electron chi connectivity index (χ4n) is 3.83. The second kappa shape index (κ2) is 6.95. The van der Waals surface area contributed by atoms with E-state index in [4.69, 9.17) is 4.42 Å². The fourth-order valence-corrected chi connectivity index (χ4v) is 3.83. The van der Waals surface area contributed by atoms with Gasteiger partial charge in [-0.2, -0.15) is 0 Å². The van der Waals surface area contributed by atoms with Crippen molar-refractivity contribution in [3.8, 4) is 0 Å². The van der Waals surface area contributed by atoms with Gasteiger partial charge in [-0.1, -0.05) is 30.3 Å². The average molecular weight is 359 g/mol. The molecule has 4 rings (SSSR count). The van der Waals surface area contributed by atoms with Crippen molar-refractivity contribution in [1.29, 1.82) is 0 Å². The van der Waals surface area contributed by atoms with Crippen LogP contribution in [-0.4, -0.2) is 25.1 Å². The SMILES string of the molecule is CCN(CC)c1ncccc1N(C)c1c(C)ccc2c1oc1ccccc12. The predicted molar refractivity (Wildman–Crippen MR) is 114 cm³/mol. The zero-order valence-electron chi connectivity index (χ0n) is 16.4. The number of aryl methyl sites for hydroxylation is 1. The Morgan fingerprint density at radius 1 is 0.926 bits per heavy atom. The Bertz CT molecular complexity index is 1100. The Balaban J connectivity index is 1.94. The lowest BCUT2D eigenvalue weighted by atomic mass is 10.1. The van der Waals surface area contributed by atoms with Gasteiger partial charge < -0.3 is 14.2 Å². The monoisotopic (exact) mass is 359 g/mol. The van der Waals surface area contributed by atoms with E-state index in [1.54, 1.807) is 0 Å². The van der Waals surface area contributed by atoms with E-state index in [-0.39, 0.29) is 0 Å². The molecule has 4 heteroatoms. The number of nitrogens with zero attached hydrogens (tertiary/aromatic N) is 3. The molecule has 27 heavy (non-hydrogen) atoms. The van der Waals surface area contributed by atoms with Crippen molar-refractivity contribution in [2.75, 3.05) is 29.9 Å². The normalized spacial score (nSPS) is 11.3. The van der Waals surface area contributed by atoms with Gasteiger partial charge in [-0.25, -0.2) is 4.98 Å². The fraction of sp³-hybridized carbons (Fsp3) is 0.261. The summed E-state index contributed by atoms with van der Waals surface area (Å²) in [5.74, 6) is 0.998. The summed E-state index contributed by atoms with van der Waals surface area (Å²) in [6.45, 7) is 8.29. The van der Waals surface area contributed by atoms with Gasteiger partial charge in [0.15, 0.2) is 11.4 Å². The largest absolute Gasteiger partial charge is 0.454 e. The number of benzene rings is 2. The lowest BCUT2D eigenvalue weighted by Gasteiger charge is -2.28. The molecular formula is C23H25N3O. The highest BCUT2D eigenvalue weighted by Gasteiger charge is 2.20. The third-order valence-corrected chi connectivity index (χ3v) is 5.25. The van der Waals surface area contributed by atoms with E-state index >= 15 is 0 Å². The Morgan fingerprint density at radius 2 is 1.70 bits per heavy atom. The maximum atomic E-state index is 6.28. The second-order valence-corrected chi connectivity index (χ2v) is 6.78. The number of fused-ring (bicyclic) bond motifs is 3. The van der Waals surface area contributed by atoms with Gasteiger partial charge in [0.1, 0.15) is 5.58 Å². The third kappa shape index (κ3) is 2.81. The van der Waals surface area contributed by atoms with Gasteiger partial charge in [-0.15, -0.1) is 0 Å². The quantitative estimate of drug-likeness (QED) is 0.444. The van der Waals surface area contributed by atoms with Crippen LogP contribution >= 0.6 is 0 Å². The molecule has 0 atom stereocenters. The highest BCUT2D eigenvalue weighted by Crippen LogP contribution is 2.41. The molecule has 0 saturated heterocycles. The zero-order valence-corrected chi connectivity index (χ0v) is 16.4. The maximum absolute atomic E-state index is 6.28. The highest BCUT2D eigenvalue weighted by molar-refractivity contribution is 6.10. The standard InChI is InChI=1S/C23H25N3O/c1-5-26(6-2)23-19(11-9-15-24-23)25(4)21-16(3)13-14-18-17-10-7-8-12-20(17)27-22(18)21/h7-15H,5-6H2,1-4H3. The van der Waals surface area contributed by atoms with Gasteiger partial charge >= 0.3 is 0 Å². The second-order valence-electron chi connectivity index (χ2n) is 6.78. The van der Waals surface area contributed by atoms with Crippen molar-refractivity contribution in [2.24, 2.45) is 0 Å². The van der Waals surface area contributed by atoms with E-state index in [2.05, 4.69) is 72.9 Å². The van der Waals surface area contributed by atoms with Crippen LogP contribution in [0, 0.1) is 6.92 Å². The zero-order chi connectivity index (χ0) is 19.0. The van der Waals surface area contributed by atoms with Crippen LogP contribution in [0.15, 0.2) is 59.1 Å². The molecule has 4 aromatic rings. The number of anilines is 3. The molecule has 0 saturated carbocycles. The van der Waals surface area contributed by atoms with Gasteiger partial charge in [0.2, 0.25) is 0 Å². The minimum atomic E-state index is 0.919. The Morgan fingerprint density at radius 3 is 2.48 bits per heavy atom. The molecule has 2 heterocycles. The molecule has 0 aliphatic rings. The first kappa shape index (κ1) is 17.4. The molecule has 0 radical (unpaired) electrons. The molecule has 0 spiro atoms. The van der Waals surface area contributed by atoms with Crippen LogP contribution in [0.3, 0.4) is 0 Å². The number of rotatable bonds is 5. The summed E-state index contributed by atoms with van der Waals surface area (Å²) in [5, 5.41) is 2.30.